The van der Waals surface area contributed by atoms with E-state index >= 15 is 0 Å². The average molecular weight is 385 g/mol. The Labute approximate surface area is 156 Å². The third-order valence-electron chi connectivity index (χ3n) is 4.53. The third kappa shape index (κ3) is 2.90. The van der Waals surface area contributed by atoms with Crippen molar-refractivity contribution in [3.8, 4) is 22.6 Å². The molecular formula is C19H14F3N5O. The van der Waals surface area contributed by atoms with Crippen molar-refractivity contribution in [3.05, 3.63) is 59.5 Å². The monoisotopic (exact) mass is 385 g/mol. The highest BCUT2D eigenvalue weighted by Crippen LogP contribution is 2.36. The van der Waals surface area contributed by atoms with Gasteiger partial charge in [-0.25, -0.2) is 9.97 Å². The Morgan fingerprint density at radius 3 is 2.64 bits per heavy atom. The summed E-state index contributed by atoms with van der Waals surface area (Å²) in [4.78, 5) is 26.3. The number of nitrogens with zero attached hydrogens (tertiary/aromatic N) is 2. The number of aromatic nitrogens is 4. The fourth-order valence-corrected chi connectivity index (χ4v) is 3.14. The largest absolute Gasteiger partial charge is 0.416 e. The first-order valence-electron chi connectivity index (χ1n) is 8.25. The van der Waals surface area contributed by atoms with E-state index in [2.05, 4.69) is 19.9 Å². The Bertz CT molecular complexity index is 1210. The summed E-state index contributed by atoms with van der Waals surface area (Å²) in [5, 5.41) is 0.701. The maximum absolute atomic E-state index is 13.2. The summed E-state index contributed by atoms with van der Waals surface area (Å²) in [5.74, 6) is -0.756. The molecule has 0 atom stereocenters. The highest BCUT2D eigenvalue weighted by molar-refractivity contribution is 6.02. The van der Waals surface area contributed by atoms with Crippen LogP contribution in [0.5, 0.6) is 0 Å². The van der Waals surface area contributed by atoms with Gasteiger partial charge >= 0.3 is 6.18 Å². The molecule has 0 spiro atoms. The first-order chi connectivity index (χ1) is 13.3. The summed E-state index contributed by atoms with van der Waals surface area (Å²) in [6, 6.07) is 6.62. The van der Waals surface area contributed by atoms with E-state index in [9.17, 15) is 18.0 Å². The Kier molecular flexibility index (Phi) is 3.95. The van der Waals surface area contributed by atoms with Crippen molar-refractivity contribution in [3.63, 3.8) is 0 Å². The van der Waals surface area contributed by atoms with Gasteiger partial charge in [-0.1, -0.05) is 6.07 Å². The topological polar surface area (TPSA) is 100 Å². The predicted molar refractivity (Wildman–Crippen MR) is 97.4 cm³/mol. The molecular weight excluding hydrogens is 371 g/mol. The van der Waals surface area contributed by atoms with Crippen molar-refractivity contribution in [1.82, 2.24) is 19.9 Å². The number of nitrogens with one attached hydrogen (secondary N) is 2. The minimum Gasteiger partial charge on any atom is -0.366 e. The van der Waals surface area contributed by atoms with E-state index in [1.54, 1.807) is 19.2 Å². The van der Waals surface area contributed by atoms with E-state index in [1.165, 1.54) is 18.5 Å². The lowest BCUT2D eigenvalue weighted by atomic mass is 9.99. The van der Waals surface area contributed by atoms with E-state index in [4.69, 9.17) is 5.73 Å². The molecule has 4 aromatic rings. The van der Waals surface area contributed by atoms with Crippen LogP contribution >= 0.6 is 0 Å². The molecule has 4 N–H and O–H groups in total. The van der Waals surface area contributed by atoms with Crippen LogP contribution in [0.3, 0.4) is 0 Å². The zero-order valence-corrected chi connectivity index (χ0v) is 14.6. The van der Waals surface area contributed by atoms with Crippen LogP contribution in [0.2, 0.25) is 0 Å². The molecule has 0 saturated carbocycles. The molecule has 28 heavy (non-hydrogen) atoms. The molecule has 0 bridgehead atoms. The highest BCUT2D eigenvalue weighted by Gasteiger charge is 2.31. The van der Waals surface area contributed by atoms with Crippen molar-refractivity contribution in [2.45, 2.75) is 13.1 Å². The lowest BCUT2D eigenvalue weighted by molar-refractivity contribution is -0.137. The number of hydrogen-bond donors (Lipinski definition) is 3. The molecule has 0 aliphatic rings. The number of amides is 1. The molecule has 0 aliphatic carbocycles. The maximum Gasteiger partial charge on any atom is 0.416 e. The number of aromatic amines is 2. The van der Waals surface area contributed by atoms with Crippen LogP contribution in [0.25, 0.3) is 33.7 Å². The van der Waals surface area contributed by atoms with E-state index in [1.807, 2.05) is 0 Å². The Morgan fingerprint density at radius 2 is 1.93 bits per heavy atom. The zero-order chi connectivity index (χ0) is 20.1. The van der Waals surface area contributed by atoms with Crippen LogP contribution < -0.4 is 5.73 Å². The second kappa shape index (κ2) is 6.22. The SMILES string of the molecule is Cc1ccc(C(F)(F)F)cc1-c1[nH]c(-c2ncnc3[nH]ccc23)cc1C(N)=O. The number of fused-ring (bicyclic) bond motifs is 1. The summed E-state index contributed by atoms with van der Waals surface area (Å²) in [6.07, 6.45) is -1.46. The fraction of sp³-hybridized carbons (Fsp3) is 0.105. The van der Waals surface area contributed by atoms with Crippen LogP contribution in [0.15, 0.2) is 42.9 Å². The normalized spacial score (nSPS) is 11.9. The number of hydrogen-bond acceptors (Lipinski definition) is 3. The number of carbonyl (C=O) groups excluding carboxylic acids is 1. The van der Waals surface area contributed by atoms with E-state index in [0.29, 0.717) is 28.0 Å². The molecule has 0 saturated heterocycles. The smallest absolute Gasteiger partial charge is 0.366 e. The van der Waals surface area contributed by atoms with Crippen LogP contribution in [0.1, 0.15) is 21.5 Å². The number of halogens is 3. The van der Waals surface area contributed by atoms with E-state index in [-0.39, 0.29) is 16.8 Å². The first-order valence-corrected chi connectivity index (χ1v) is 8.25. The number of primary amides is 1. The van der Waals surface area contributed by atoms with Gasteiger partial charge in [0.25, 0.3) is 5.91 Å². The summed E-state index contributed by atoms with van der Waals surface area (Å²) < 4.78 is 39.5. The average Bonchev–Trinajstić information content (AvgIpc) is 3.28. The summed E-state index contributed by atoms with van der Waals surface area (Å²) in [7, 11) is 0. The highest BCUT2D eigenvalue weighted by atomic mass is 19.4. The Morgan fingerprint density at radius 1 is 1.14 bits per heavy atom. The summed E-state index contributed by atoms with van der Waals surface area (Å²) >= 11 is 0. The summed E-state index contributed by atoms with van der Waals surface area (Å²) in [6.45, 7) is 1.66. The van der Waals surface area contributed by atoms with Crippen LogP contribution in [0.4, 0.5) is 13.2 Å². The van der Waals surface area contributed by atoms with Crippen molar-refractivity contribution in [2.24, 2.45) is 5.73 Å². The Hall–Kier alpha value is -3.62. The molecule has 0 radical (unpaired) electrons. The second-order valence-corrected chi connectivity index (χ2v) is 6.33. The first kappa shape index (κ1) is 17.8. The predicted octanol–water partition coefficient (Wildman–Crippen LogP) is 4.05. The molecule has 1 amide bonds. The number of rotatable bonds is 3. The molecule has 3 heterocycles. The number of benzene rings is 1. The van der Waals surface area contributed by atoms with Gasteiger partial charge < -0.3 is 15.7 Å². The molecule has 9 heteroatoms. The van der Waals surface area contributed by atoms with Crippen molar-refractivity contribution >= 4 is 16.9 Å². The molecule has 3 aromatic heterocycles. The molecule has 0 unspecified atom stereocenters. The van der Waals surface area contributed by atoms with Crippen LogP contribution in [-0.4, -0.2) is 25.8 Å². The minimum absolute atomic E-state index is 0.0831. The van der Waals surface area contributed by atoms with Gasteiger partial charge in [0.05, 0.1) is 28.2 Å². The molecule has 0 fully saturated rings. The van der Waals surface area contributed by atoms with Gasteiger partial charge in [-0.05, 0) is 36.8 Å². The molecule has 142 valence electrons. The van der Waals surface area contributed by atoms with E-state index < -0.39 is 17.6 Å². The van der Waals surface area contributed by atoms with Gasteiger partial charge in [0.1, 0.15) is 12.0 Å². The fourth-order valence-electron chi connectivity index (χ4n) is 3.14. The van der Waals surface area contributed by atoms with Gasteiger partial charge in [-0.15, -0.1) is 0 Å². The number of nitrogens with two attached hydrogens (primary N) is 1. The van der Waals surface area contributed by atoms with Gasteiger partial charge in [-0.2, -0.15) is 13.2 Å². The molecule has 1 aromatic carbocycles. The lowest BCUT2D eigenvalue weighted by Gasteiger charge is -2.11. The second-order valence-electron chi connectivity index (χ2n) is 6.33. The molecule has 0 aliphatic heterocycles. The third-order valence-corrected chi connectivity index (χ3v) is 4.53. The standard InChI is InChI=1S/C19H14F3N5O/c1-9-2-3-10(19(20,21)22)6-12(9)15-13(17(23)28)7-14(27-15)16-11-4-5-24-18(11)26-8-25-16/h2-8,27H,1H3,(H2,23,28)(H,24,25,26). The van der Waals surface area contributed by atoms with Gasteiger partial charge in [-0.3, -0.25) is 4.79 Å². The zero-order valence-electron chi connectivity index (χ0n) is 14.6. The number of alkyl halides is 3. The lowest BCUT2D eigenvalue weighted by Crippen LogP contribution is -2.11. The number of carbonyl (C=O) groups is 1. The number of H-pyrrole nitrogens is 2. The van der Waals surface area contributed by atoms with Crippen molar-refractivity contribution < 1.29 is 18.0 Å². The maximum atomic E-state index is 13.2. The minimum atomic E-state index is -4.51. The van der Waals surface area contributed by atoms with Crippen LogP contribution in [-0.2, 0) is 6.18 Å². The van der Waals surface area contributed by atoms with Crippen molar-refractivity contribution in [2.75, 3.05) is 0 Å². The van der Waals surface area contributed by atoms with Gasteiger partial charge in [0.15, 0.2) is 0 Å². The van der Waals surface area contributed by atoms with Crippen LogP contribution in [0, 0.1) is 6.92 Å². The van der Waals surface area contributed by atoms with Gasteiger partial charge in [0, 0.05) is 17.1 Å². The van der Waals surface area contributed by atoms with E-state index in [0.717, 1.165) is 12.1 Å². The quantitative estimate of drug-likeness (QED) is 0.496. The van der Waals surface area contributed by atoms with Crippen molar-refractivity contribution in [1.29, 1.82) is 0 Å². The summed E-state index contributed by atoms with van der Waals surface area (Å²) in [5.41, 5.74) is 7.34. The molecule has 4 rings (SSSR count). The number of aryl methyl sites for hydroxylation is 1. The molecule has 6 nitrogen and oxygen atoms in total. The Balaban J connectivity index is 1.94. The van der Waals surface area contributed by atoms with Gasteiger partial charge in [0.2, 0.25) is 0 Å².